The summed E-state index contributed by atoms with van der Waals surface area (Å²) < 4.78 is 5.67. The van der Waals surface area contributed by atoms with Gasteiger partial charge in [0, 0.05) is 5.56 Å². The standard InChI is InChI=1S/C16H16O/c1-3-5-10-17-16-9-8-14-11-13(4-2)6-7-15(14)12-16/h2,6-9,11-12H,3,5,10H2,1H3. The van der Waals surface area contributed by atoms with Crippen LogP contribution in [-0.2, 0) is 0 Å². The molecule has 0 bridgehead atoms. The highest BCUT2D eigenvalue weighted by molar-refractivity contribution is 5.85. The molecule has 0 fully saturated rings. The first-order valence-electron chi connectivity index (χ1n) is 5.96. The second kappa shape index (κ2) is 5.41. The van der Waals surface area contributed by atoms with Crippen molar-refractivity contribution in [1.82, 2.24) is 0 Å². The molecule has 0 saturated heterocycles. The third-order valence-electron chi connectivity index (χ3n) is 2.74. The van der Waals surface area contributed by atoms with Gasteiger partial charge in [0.05, 0.1) is 6.61 Å². The van der Waals surface area contributed by atoms with E-state index < -0.39 is 0 Å². The van der Waals surface area contributed by atoms with Crippen LogP contribution in [0.5, 0.6) is 5.75 Å². The minimum Gasteiger partial charge on any atom is -0.494 e. The first-order valence-corrected chi connectivity index (χ1v) is 5.96. The third-order valence-corrected chi connectivity index (χ3v) is 2.74. The van der Waals surface area contributed by atoms with Gasteiger partial charge in [0.2, 0.25) is 0 Å². The lowest BCUT2D eigenvalue weighted by atomic mass is 10.1. The van der Waals surface area contributed by atoms with Gasteiger partial charge in [0.25, 0.3) is 0 Å². The quantitative estimate of drug-likeness (QED) is 0.563. The summed E-state index contributed by atoms with van der Waals surface area (Å²) in [5, 5.41) is 2.32. The van der Waals surface area contributed by atoms with Gasteiger partial charge in [0.1, 0.15) is 5.75 Å². The van der Waals surface area contributed by atoms with Gasteiger partial charge in [-0.3, -0.25) is 0 Å². The fraction of sp³-hybridized carbons (Fsp3) is 0.250. The number of hydrogen-bond acceptors (Lipinski definition) is 1. The fourth-order valence-corrected chi connectivity index (χ4v) is 1.74. The monoisotopic (exact) mass is 224 g/mol. The van der Waals surface area contributed by atoms with Crippen molar-refractivity contribution in [3.05, 3.63) is 42.0 Å². The van der Waals surface area contributed by atoms with E-state index >= 15 is 0 Å². The molecule has 0 amide bonds. The van der Waals surface area contributed by atoms with E-state index in [2.05, 4.69) is 25.0 Å². The minimum atomic E-state index is 0.782. The van der Waals surface area contributed by atoms with E-state index in [-0.39, 0.29) is 0 Å². The Bertz CT molecular complexity index is 549. The van der Waals surface area contributed by atoms with Crippen LogP contribution in [0, 0.1) is 12.3 Å². The molecular formula is C16H16O. The average molecular weight is 224 g/mol. The van der Waals surface area contributed by atoms with E-state index in [1.165, 1.54) is 0 Å². The van der Waals surface area contributed by atoms with E-state index in [1.807, 2.05) is 24.3 Å². The van der Waals surface area contributed by atoms with E-state index in [0.29, 0.717) is 0 Å². The summed E-state index contributed by atoms with van der Waals surface area (Å²) in [4.78, 5) is 0. The summed E-state index contributed by atoms with van der Waals surface area (Å²) in [7, 11) is 0. The molecule has 2 aromatic carbocycles. The number of ether oxygens (including phenoxy) is 1. The smallest absolute Gasteiger partial charge is 0.119 e. The molecule has 2 aromatic rings. The maximum atomic E-state index is 5.67. The second-order valence-corrected chi connectivity index (χ2v) is 4.07. The van der Waals surface area contributed by atoms with E-state index in [9.17, 15) is 0 Å². The van der Waals surface area contributed by atoms with Crippen molar-refractivity contribution in [3.63, 3.8) is 0 Å². The Morgan fingerprint density at radius 1 is 1.12 bits per heavy atom. The maximum absolute atomic E-state index is 5.67. The zero-order valence-corrected chi connectivity index (χ0v) is 10.1. The summed E-state index contributed by atoms with van der Waals surface area (Å²) in [6.45, 7) is 2.94. The van der Waals surface area contributed by atoms with Gasteiger partial charge in [-0.15, -0.1) is 6.42 Å². The van der Waals surface area contributed by atoms with Gasteiger partial charge in [-0.1, -0.05) is 31.4 Å². The van der Waals surface area contributed by atoms with E-state index in [0.717, 1.165) is 41.5 Å². The number of hydrogen-bond donors (Lipinski definition) is 0. The molecule has 0 atom stereocenters. The Kier molecular flexibility index (Phi) is 3.67. The van der Waals surface area contributed by atoms with Crippen molar-refractivity contribution in [2.45, 2.75) is 19.8 Å². The summed E-state index contributed by atoms with van der Waals surface area (Å²) in [6.07, 6.45) is 7.62. The number of fused-ring (bicyclic) bond motifs is 1. The predicted molar refractivity (Wildman–Crippen MR) is 72.3 cm³/mol. The summed E-state index contributed by atoms with van der Waals surface area (Å²) >= 11 is 0. The molecule has 0 N–H and O–H groups in total. The zero-order chi connectivity index (χ0) is 12.1. The van der Waals surface area contributed by atoms with Crippen LogP contribution < -0.4 is 4.74 Å². The van der Waals surface area contributed by atoms with Crippen molar-refractivity contribution in [3.8, 4) is 18.1 Å². The van der Waals surface area contributed by atoms with Crippen LogP contribution >= 0.6 is 0 Å². The highest BCUT2D eigenvalue weighted by atomic mass is 16.5. The Hall–Kier alpha value is -1.94. The van der Waals surface area contributed by atoms with Gasteiger partial charge in [-0.05, 0) is 41.5 Å². The minimum absolute atomic E-state index is 0.782. The topological polar surface area (TPSA) is 9.23 Å². The van der Waals surface area contributed by atoms with Crippen LogP contribution in [0.25, 0.3) is 10.8 Å². The van der Waals surface area contributed by atoms with Crippen LogP contribution in [0.3, 0.4) is 0 Å². The van der Waals surface area contributed by atoms with Crippen LogP contribution in [-0.4, -0.2) is 6.61 Å². The maximum Gasteiger partial charge on any atom is 0.119 e. The van der Waals surface area contributed by atoms with Gasteiger partial charge in [-0.2, -0.15) is 0 Å². The normalized spacial score (nSPS) is 10.1. The van der Waals surface area contributed by atoms with E-state index in [4.69, 9.17) is 11.2 Å². The van der Waals surface area contributed by atoms with Crippen LogP contribution in [0.2, 0.25) is 0 Å². The fourth-order valence-electron chi connectivity index (χ4n) is 1.74. The van der Waals surface area contributed by atoms with Crippen molar-refractivity contribution in [2.24, 2.45) is 0 Å². The average Bonchev–Trinajstić information content (AvgIpc) is 2.38. The van der Waals surface area contributed by atoms with Crippen LogP contribution in [0.4, 0.5) is 0 Å². The van der Waals surface area contributed by atoms with Crippen LogP contribution in [0.15, 0.2) is 36.4 Å². The SMILES string of the molecule is C#Cc1ccc2cc(OCCCC)ccc2c1. The Morgan fingerprint density at radius 2 is 1.88 bits per heavy atom. The molecule has 0 aromatic heterocycles. The molecule has 0 saturated carbocycles. The predicted octanol–water partition coefficient (Wildman–Crippen LogP) is 4.00. The van der Waals surface area contributed by atoms with Crippen molar-refractivity contribution >= 4 is 10.8 Å². The zero-order valence-electron chi connectivity index (χ0n) is 10.1. The molecule has 2 rings (SSSR count). The van der Waals surface area contributed by atoms with Gasteiger partial charge >= 0.3 is 0 Å². The Morgan fingerprint density at radius 3 is 2.65 bits per heavy atom. The molecule has 0 unspecified atom stereocenters. The van der Waals surface area contributed by atoms with Crippen molar-refractivity contribution in [1.29, 1.82) is 0 Å². The first kappa shape index (κ1) is 11.5. The summed E-state index contributed by atoms with van der Waals surface area (Å²) in [5.74, 6) is 3.57. The number of terminal acetylenes is 1. The molecular weight excluding hydrogens is 208 g/mol. The number of rotatable bonds is 4. The van der Waals surface area contributed by atoms with Crippen molar-refractivity contribution in [2.75, 3.05) is 6.61 Å². The number of unbranched alkanes of at least 4 members (excludes halogenated alkanes) is 1. The molecule has 0 aliphatic rings. The molecule has 0 heterocycles. The van der Waals surface area contributed by atoms with Crippen molar-refractivity contribution < 1.29 is 4.74 Å². The lowest BCUT2D eigenvalue weighted by molar-refractivity contribution is 0.310. The highest BCUT2D eigenvalue weighted by Crippen LogP contribution is 2.22. The molecule has 86 valence electrons. The molecule has 0 radical (unpaired) electrons. The largest absolute Gasteiger partial charge is 0.494 e. The van der Waals surface area contributed by atoms with Gasteiger partial charge in [-0.25, -0.2) is 0 Å². The Balaban J connectivity index is 2.23. The molecule has 0 aliphatic carbocycles. The molecule has 0 aliphatic heterocycles. The lowest BCUT2D eigenvalue weighted by Gasteiger charge is -2.06. The molecule has 1 nitrogen and oxygen atoms in total. The molecule has 17 heavy (non-hydrogen) atoms. The second-order valence-electron chi connectivity index (χ2n) is 4.07. The summed E-state index contributed by atoms with van der Waals surface area (Å²) in [6, 6.07) is 12.1. The first-order chi connectivity index (χ1) is 8.33. The number of benzene rings is 2. The van der Waals surface area contributed by atoms with Crippen LogP contribution in [0.1, 0.15) is 25.3 Å². The third kappa shape index (κ3) is 2.79. The molecule has 0 spiro atoms. The lowest BCUT2D eigenvalue weighted by Crippen LogP contribution is -1.95. The van der Waals surface area contributed by atoms with Gasteiger partial charge < -0.3 is 4.74 Å². The summed E-state index contributed by atoms with van der Waals surface area (Å²) in [5.41, 5.74) is 0.914. The van der Waals surface area contributed by atoms with Gasteiger partial charge in [0.15, 0.2) is 0 Å². The molecule has 1 heteroatoms. The Labute approximate surface area is 102 Å². The van der Waals surface area contributed by atoms with E-state index in [1.54, 1.807) is 0 Å². The highest BCUT2D eigenvalue weighted by Gasteiger charge is 1.98.